The lowest BCUT2D eigenvalue weighted by Crippen LogP contribution is -2.32. The molecule has 1 N–H and O–H groups in total. The van der Waals surface area contributed by atoms with Gasteiger partial charge in [0, 0.05) is 31.0 Å². The SMILES string of the molecule is Cn1ccnc1[C@H](NC(=O)Cc1csc(-c2ccccn2)n1)c1ccccc1. The van der Waals surface area contributed by atoms with Crippen LogP contribution in [-0.2, 0) is 18.3 Å². The lowest BCUT2D eigenvalue weighted by Gasteiger charge is -2.19. The summed E-state index contributed by atoms with van der Waals surface area (Å²) < 4.78 is 1.92. The highest BCUT2D eigenvalue weighted by atomic mass is 32.1. The molecule has 3 aromatic heterocycles. The first-order valence-electron chi connectivity index (χ1n) is 8.88. The van der Waals surface area contributed by atoms with Crippen LogP contribution < -0.4 is 5.32 Å². The molecule has 3 heterocycles. The van der Waals surface area contributed by atoms with Crippen LogP contribution in [0.15, 0.2) is 72.5 Å². The number of hydrogen-bond donors (Lipinski definition) is 1. The summed E-state index contributed by atoms with van der Waals surface area (Å²) in [5.74, 6) is 0.682. The first-order chi connectivity index (χ1) is 13.7. The third-order valence-electron chi connectivity index (χ3n) is 4.33. The number of aromatic nitrogens is 4. The molecule has 1 atom stereocenters. The van der Waals surface area contributed by atoms with Crippen molar-refractivity contribution >= 4 is 17.2 Å². The number of nitrogens with zero attached hydrogens (tertiary/aromatic N) is 4. The number of carbonyl (C=O) groups excluding carboxylic acids is 1. The minimum atomic E-state index is -0.317. The van der Waals surface area contributed by atoms with E-state index in [-0.39, 0.29) is 18.4 Å². The van der Waals surface area contributed by atoms with Crippen LogP contribution in [0.4, 0.5) is 0 Å². The van der Waals surface area contributed by atoms with Crippen LogP contribution in [-0.4, -0.2) is 25.4 Å². The molecule has 0 saturated carbocycles. The lowest BCUT2D eigenvalue weighted by molar-refractivity contribution is -0.121. The number of pyridine rings is 1. The summed E-state index contributed by atoms with van der Waals surface area (Å²) in [4.78, 5) is 26.0. The van der Waals surface area contributed by atoms with E-state index in [1.165, 1.54) is 11.3 Å². The van der Waals surface area contributed by atoms with Crippen LogP contribution in [0.25, 0.3) is 10.7 Å². The van der Waals surface area contributed by atoms with Crippen LogP contribution in [0, 0.1) is 0 Å². The smallest absolute Gasteiger partial charge is 0.226 e. The molecule has 28 heavy (non-hydrogen) atoms. The highest BCUT2D eigenvalue weighted by molar-refractivity contribution is 7.13. The molecule has 0 bridgehead atoms. The second kappa shape index (κ2) is 8.14. The van der Waals surface area contributed by atoms with Gasteiger partial charge in [-0.15, -0.1) is 11.3 Å². The normalized spacial score (nSPS) is 11.9. The molecule has 0 spiro atoms. The number of nitrogens with one attached hydrogen (secondary N) is 1. The second-order valence-corrected chi connectivity index (χ2v) is 7.20. The molecule has 0 aliphatic heterocycles. The Balaban J connectivity index is 1.51. The van der Waals surface area contributed by atoms with E-state index in [0.29, 0.717) is 0 Å². The van der Waals surface area contributed by atoms with Crippen LogP contribution >= 0.6 is 11.3 Å². The summed E-state index contributed by atoms with van der Waals surface area (Å²) >= 11 is 1.49. The van der Waals surface area contributed by atoms with Crippen molar-refractivity contribution in [3.8, 4) is 10.7 Å². The van der Waals surface area contributed by atoms with Crippen molar-refractivity contribution in [1.29, 1.82) is 0 Å². The standard InChI is InChI=1S/C21H19N5OS/c1-26-12-11-23-20(26)19(15-7-3-2-4-8-15)25-18(27)13-16-14-28-21(24-16)17-9-5-6-10-22-17/h2-12,14,19H,13H2,1H3,(H,25,27)/t19-/m1/s1. The average molecular weight is 389 g/mol. The third kappa shape index (κ3) is 3.99. The molecule has 0 aliphatic rings. The minimum Gasteiger partial charge on any atom is -0.342 e. The number of aryl methyl sites for hydroxylation is 1. The van der Waals surface area contributed by atoms with Crippen molar-refractivity contribution in [3.05, 3.63) is 89.6 Å². The van der Waals surface area contributed by atoms with E-state index in [1.807, 2.05) is 71.7 Å². The molecule has 6 nitrogen and oxygen atoms in total. The Morgan fingerprint density at radius 3 is 2.64 bits per heavy atom. The first-order valence-corrected chi connectivity index (χ1v) is 9.76. The molecule has 0 saturated heterocycles. The van der Waals surface area contributed by atoms with E-state index in [2.05, 4.69) is 20.3 Å². The number of rotatable bonds is 6. The topological polar surface area (TPSA) is 72.7 Å². The Bertz CT molecular complexity index is 1060. The molecule has 0 fully saturated rings. The van der Waals surface area contributed by atoms with Gasteiger partial charge in [-0.2, -0.15) is 0 Å². The molecular formula is C21H19N5OS. The number of thiazole rings is 1. The van der Waals surface area contributed by atoms with Gasteiger partial charge < -0.3 is 9.88 Å². The van der Waals surface area contributed by atoms with E-state index in [9.17, 15) is 4.79 Å². The van der Waals surface area contributed by atoms with Gasteiger partial charge in [0.25, 0.3) is 0 Å². The second-order valence-electron chi connectivity index (χ2n) is 6.34. The molecule has 1 aromatic carbocycles. The molecule has 0 radical (unpaired) electrons. The molecule has 0 aliphatic carbocycles. The molecule has 1 amide bonds. The van der Waals surface area contributed by atoms with Gasteiger partial charge in [0.1, 0.15) is 16.9 Å². The van der Waals surface area contributed by atoms with Gasteiger partial charge in [-0.05, 0) is 17.7 Å². The van der Waals surface area contributed by atoms with Crippen LogP contribution in [0.5, 0.6) is 0 Å². The van der Waals surface area contributed by atoms with Crippen molar-refractivity contribution in [3.63, 3.8) is 0 Å². The largest absolute Gasteiger partial charge is 0.342 e. The Morgan fingerprint density at radius 2 is 1.93 bits per heavy atom. The van der Waals surface area contributed by atoms with Gasteiger partial charge in [-0.1, -0.05) is 36.4 Å². The first kappa shape index (κ1) is 18.1. The van der Waals surface area contributed by atoms with E-state index < -0.39 is 0 Å². The summed E-state index contributed by atoms with van der Waals surface area (Å²) in [6, 6.07) is 15.2. The third-order valence-corrected chi connectivity index (χ3v) is 5.25. The van der Waals surface area contributed by atoms with Crippen LogP contribution in [0.1, 0.15) is 23.1 Å². The fourth-order valence-electron chi connectivity index (χ4n) is 2.97. The number of carbonyl (C=O) groups is 1. The van der Waals surface area contributed by atoms with Crippen LogP contribution in [0.2, 0.25) is 0 Å². The number of imidazole rings is 1. The molecule has 4 rings (SSSR count). The van der Waals surface area contributed by atoms with Crippen molar-refractivity contribution in [2.24, 2.45) is 7.05 Å². The van der Waals surface area contributed by atoms with Crippen molar-refractivity contribution in [2.75, 3.05) is 0 Å². The Morgan fingerprint density at radius 1 is 1.11 bits per heavy atom. The maximum Gasteiger partial charge on any atom is 0.226 e. The average Bonchev–Trinajstić information content (AvgIpc) is 3.36. The summed E-state index contributed by atoms with van der Waals surface area (Å²) in [5, 5.41) is 5.82. The summed E-state index contributed by atoms with van der Waals surface area (Å²) in [7, 11) is 1.92. The van der Waals surface area contributed by atoms with Gasteiger partial charge >= 0.3 is 0 Å². The monoisotopic (exact) mass is 389 g/mol. The fourth-order valence-corrected chi connectivity index (χ4v) is 3.76. The van der Waals surface area contributed by atoms with Crippen molar-refractivity contribution < 1.29 is 4.79 Å². The van der Waals surface area contributed by atoms with Gasteiger partial charge in [-0.3, -0.25) is 9.78 Å². The van der Waals surface area contributed by atoms with Crippen LogP contribution in [0.3, 0.4) is 0 Å². The minimum absolute atomic E-state index is 0.102. The Kier molecular flexibility index (Phi) is 5.25. The highest BCUT2D eigenvalue weighted by Crippen LogP contribution is 2.23. The van der Waals surface area contributed by atoms with Gasteiger partial charge in [0.05, 0.1) is 17.8 Å². The van der Waals surface area contributed by atoms with Gasteiger partial charge in [0.2, 0.25) is 5.91 Å². The van der Waals surface area contributed by atoms with E-state index in [1.54, 1.807) is 12.4 Å². The molecular weight excluding hydrogens is 370 g/mol. The molecule has 140 valence electrons. The number of hydrogen-bond acceptors (Lipinski definition) is 5. The predicted octanol–water partition coefficient (Wildman–Crippen LogP) is 3.39. The Labute approximate surface area is 166 Å². The number of amides is 1. The highest BCUT2D eigenvalue weighted by Gasteiger charge is 2.21. The van der Waals surface area contributed by atoms with Gasteiger partial charge in [0.15, 0.2) is 0 Å². The molecule has 7 heteroatoms. The zero-order valence-corrected chi connectivity index (χ0v) is 16.1. The molecule has 0 unspecified atom stereocenters. The quantitative estimate of drug-likeness (QED) is 0.549. The summed E-state index contributed by atoms with van der Waals surface area (Å²) in [5.41, 5.74) is 2.53. The zero-order valence-electron chi connectivity index (χ0n) is 15.3. The van der Waals surface area contributed by atoms with Crippen molar-refractivity contribution in [2.45, 2.75) is 12.5 Å². The van der Waals surface area contributed by atoms with E-state index in [4.69, 9.17) is 0 Å². The Hall–Kier alpha value is -3.32. The predicted molar refractivity (Wildman–Crippen MR) is 109 cm³/mol. The van der Waals surface area contributed by atoms with Crippen molar-refractivity contribution in [1.82, 2.24) is 24.8 Å². The maximum absolute atomic E-state index is 12.7. The number of benzene rings is 1. The zero-order chi connectivity index (χ0) is 19.3. The maximum atomic E-state index is 12.7. The van der Waals surface area contributed by atoms with E-state index >= 15 is 0 Å². The fraction of sp³-hybridized carbons (Fsp3) is 0.143. The summed E-state index contributed by atoms with van der Waals surface area (Å²) in [6.45, 7) is 0. The van der Waals surface area contributed by atoms with Gasteiger partial charge in [-0.25, -0.2) is 9.97 Å². The summed E-state index contributed by atoms with van der Waals surface area (Å²) in [6.07, 6.45) is 5.55. The van der Waals surface area contributed by atoms with E-state index in [0.717, 1.165) is 27.8 Å². The molecule has 4 aromatic rings. The lowest BCUT2D eigenvalue weighted by atomic mass is 10.1.